The number of nitrogens with zero attached hydrogens (tertiary/aromatic N) is 4. The van der Waals surface area contributed by atoms with E-state index in [9.17, 15) is 14.9 Å². The molecule has 34 heavy (non-hydrogen) atoms. The normalized spacial score (nSPS) is 10.5. The molecule has 0 aliphatic rings. The maximum absolute atomic E-state index is 13.2. The van der Waals surface area contributed by atoms with Gasteiger partial charge in [0.05, 0.1) is 19.1 Å². The fourth-order valence-electron chi connectivity index (χ4n) is 3.20. The quantitative estimate of drug-likeness (QED) is 0.308. The van der Waals surface area contributed by atoms with Crippen molar-refractivity contribution in [1.82, 2.24) is 14.8 Å². The Hall–Kier alpha value is -4.73. The van der Waals surface area contributed by atoms with Gasteiger partial charge in [-0.1, -0.05) is 12.1 Å². The molecule has 0 saturated carbocycles. The third kappa shape index (κ3) is 4.85. The molecular weight excluding hydrogens is 438 g/mol. The third-order valence-corrected chi connectivity index (χ3v) is 5.08. The van der Waals surface area contributed by atoms with Crippen LogP contribution in [0.2, 0.25) is 0 Å². The molecule has 0 aliphatic carbocycles. The fourth-order valence-corrected chi connectivity index (χ4v) is 3.20. The minimum Gasteiger partial charge on any atom is -0.497 e. The largest absolute Gasteiger partial charge is 0.497 e. The molecule has 1 N–H and O–H groups in total. The van der Waals surface area contributed by atoms with Gasteiger partial charge in [-0.25, -0.2) is 0 Å². The number of carbonyl (C=O) groups is 1. The number of anilines is 1. The van der Waals surface area contributed by atoms with E-state index >= 15 is 0 Å². The van der Waals surface area contributed by atoms with Crippen molar-refractivity contribution in [1.29, 1.82) is 0 Å². The molecular formula is C24H21N5O5. The van der Waals surface area contributed by atoms with Gasteiger partial charge in [0.15, 0.2) is 5.82 Å². The lowest BCUT2D eigenvalue weighted by Gasteiger charge is -2.08. The van der Waals surface area contributed by atoms with Gasteiger partial charge in [0.1, 0.15) is 11.5 Å². The Balaban J connectivity index is 1.65. The monoisotopic (exact) mass is 459 g/mol. The van der Waals surface area contributed by atoms with Crippen LogP contribution in [-0.2, 0) is 6.54 Å². The number of nitrogens with one attached hydrogen (secondary N) is 1. The average molecular weight is 459 g/mol. The van der Waals surface area contributed by atoms with Gasteiger partial charge < -0.3 is 14.8 Å². The summed E-state index contributed by atoms with van der Waals surface area (Å²) in [6.07, 6.45) is 0. The van der Waals surface area contributed by atoms with E-state index in [4.69, 9.17) is 9.47 Å². The highest BCUT2D eigenvalue weighted by atomic mass is 16.6. The van der Waals surface area contributed by atoms with Crippen molar-refractivity contribution in [2.45, 2.75) is 6.54 Å². The van der Waals surface area contributed by atoms with Gasteiger partial charge in [0.2, 0.25) is 5.95 Å². The van der Waals surface area contributed by atoms with Crippen LogP contribution in [0.3, 0.4) is 0 Å². The van der Waals surface area contributed by atoms with Crippen LogP contribution >= 0.6 is 0 Å². The molecule has 4 rings (SSSR count). The minimum atomic E-state index is -0.520. The van der Waals surface area contributed by atoms with Gasteiger partial charge >= 0.3 is 0 Å². The van der Waals surface area contributed by atoms with Crippen molar-refractivity contribution < 1.29 is 19.2 Å². The van der Waals surface area contributed by atoms with E-state index in [1.54, 1.807) is 38.5 Å². The van der Waals surface area contributed by atoms with E-state index in [1.807, 2.05) is 24.3 Å². The zero-order valence-corrected chi connectivity index (χ0v) is 18.5. The fraction of sp³-hybridized carbons (Fsp3) is 0.125. The summed E-state index contributed by atoms with van der Waals surface area (Å²) in [6, 6.07) is 20.0. The van der Waals surface area contributed by atoms with E-state index in [0.717, 1.165) is 16.0 Å². The maximum Gasteiger partial charge on any atom is 0.281 e. The van der Waals surface area contributed by atoms with Gasteiger partial charge in [-0.05, 0) is 54.1 Å². The minimum absolute atomic E-state index is 0.105. The zero-order valence-electron chi connectivity index (χ0n) is 18.5. The summed E-state index contributed by atoms with van der Waals surface area (Å²) in [5, 5.41) is 18.5. The van der Waals surface area contributed by atoms with Gasteiger partial charge in [0.25, 0.3) is 11.6 Å². The van der Waals surface area contributed by atoms with Crippen LogP contribution in [0.5, 0.6) is 11.5 Å². The van der Waals surface area contributed by atoms with Crippen molar-refractivity contribution in [3.63, 3.8) is 0 Å². The molecule has 0 fully saturated rings. The molecule has 0 amide bonds. The maximum atomic E-state index is 13.2. The molecule has 4 aromatic rings. The number of aromatic nitrogens is 3. The highest BCUT2D eigenvalue weighted by Gasteiger charge is 2.20. The number of nitro benzene ring substituents is 1. The average Bonchev–Trinajstić information content (AvgIpc) is 3.31. The van der Waals surface area contributed by atoms with E-state index < -0.39 is 10.8 Å². The number of rotatable bonds is 8. The molecule has 0 atom stereocenters. The van der Waals surface area contributed by atoms with E-state index in [-0.39, 0.29) is 17.2 Å². The summed E-state index contributed by atoms with van der Waals surface area (Å²) in [4.78, 5) is 28.1. The number of carbonyl (C=O) groups excluding carboxylic acids is 1. The lowest BCUT2D eigenvalue weighted by atomic mass is 10.2. The molecule has 172 valence electrons. The van der Waals surface area contributed by atoms with E-state index in [1.165, 1.54) is 24.3 Å². The topological polar surface area (TPSA) is 121 Å². The van der Waals surface area contributed by atoms with Crippen LogP contribution in [0.1, 0.15) is 15.9 Å². The molecule has 0 bridgehead atoms. The highest BCUT2D eigenvalue weighted by molar-refractivity contribution is 5.97. The lowest BCUT2D eigenvalue weighted by molar-refractivity contribution is -0.384. The second-order valence-electron chi connectivity index (χ2n) is 7.21. The van der Waals surface area contributed by atoms with Crippen LogP contribution in [0.4, 0.5) is 11.6 Å². The van der Waals surface area contributed by atoms with Crippen LogP contribution in [0.25, 0.3) is 11.4 Å². The Morgan fingerprint density at radius 2 is 1.53 bits per heavy atom. The molecule has 0 spiro atoms. The molecule has 1 heterocycles. The van der Waals surface area contributed by atoms with E-state index in [2.05, 4.69) is 15.4 Å². The first kappa shape index (κ1) is 22.5. The van der Waals surface area contributed by atoms with Crippen molar-refractivity contribution in [2.24, 2.45) is 0 Å². The van der Waals surface area contributed by atoms with Crippen LogP contribution in [-0.4, -0.2) is 39.8 Å². The summed E-state index contributed by atoms with van der Waals surface area (Å²) in [7, 11) is 3.17. The Bertz CT molecular complexity index is 1300. The lowest BCUT2D eigenvalue weighted by Crippen LogP contribution is -2.17. The summed E-state index contributed by atoms with van der Waals surface area (Å²) in [5.41, 5.74) is 1.78. The number of benzene rings is 3. The van der Waals surface area contributed by atoms with Gasteiger partial charge in [-0.2, -0.15) is 9.67 Å². The van der Waals surface area contributed by atoms with Crippen molar-refractivity contribution in [2.75, 3.05) is 19.5 Å². The number of ether oxygens (including phenoxy) is 2. The second kappa shape index (κ2) is 9.82. The number of methoxy groups -OCH3 is 2. The molecule has 3 aromatic carbocycles. The number of hydrogen-bond acceptors (Lipinski definition) is 8. The molecule has 1 aromatic heterocycles. The molecule has 10 nitrogen and oxygen atoms in total. The van der Waals surface area contributed by atoms with Crippen molar-refractivity contribution in [3.05, 3.63) is 94.0 Å². The first-order valence-corrected chi connectivity index (χ1v) is 10.3. The first-order valence-electron chi connectivity index (χ1n) is 10.3. The van der Waals surface area contributed by atoms with Gasteiger partial charge in [0, 0.05) is 29.8 Å². The molecule has 0 unspecified atom stereocenters. The molecule has 0 radical (unpaired) electrons. The first-order chi connectivity index (χ1) is 16.5. The molecule has 0 aliphatic heterocycles. The Kier molecular flexibility index (Phi) is 6.49. The predicted molar refractivity (Wildman–Crippen MR) is 125 cm³/mol. The second-order valence-corrected chi connectivity index (χ2v) is 7.21. The SMILES string of the molecule is COc1ccc(CNc2nc(-c3ccc(OC)cc3)nn2C(=O)c2ccc([N+](=O)[O-])cc2)cc1. The van der Waals surface area contributed by atoms with Crippen molar-refractivity contribution >= 4 is 17.5 Å². The predicted octanol–water partition coefficient (Wildman–Crippen LogP) is 4.17. The number of nitro groups is 1. The van der Waals surface area contributed by atoms with Crippen LogP contribution < -0.4 is 14.8 Å². The van der Waals surface area contributed by atoms with Crippen LogP contribution in [0, 0.1) is 10.1 Å². The molecule has 0 saturated heterocycles. The summed E-state index contributed by atoms with van der Waals surface area (Å²) in [5.74, 6) is 1.53. The van der Waals surface area contributed by atoms with E-state index in [0.29, 0.717) is 23.7 Å². The zero-order chi connectivity index (χ0) is 24.1. The standard InChI is InChI=1S/C24H21N5O5/c1-33-20-11-3-16(4-12-20)15-25-24-26-22(17-7-13-21(34-2)14-8-17)27-28(24)23(30)18-5-9-19(10-6-18)29(31)32/h3-14H,15H2,1-2H3,(H,25,26,27). The number of hydrogen-bond donors (Lipinski definition) is 1. The smallest absolute Gasteiger partial charge is 0.281 e. The third-order valence-electron chi connectivity index (χ3n) is 5.08. The summed E-state index contributed by atoms with van der Waals surface area (Å²) in [6.45, 7) is 0.387. The van der Waals surface area contributed by atoms with Crippen LogP contribution in [0.15, 0.2) is 72.8 Å². The Morgan fingerprint density at radius 3 is 2.09 bits per heavy atom. The van der Waals surface area contributed by atoms with Gasteiger partial charge in [-0.3, -0.25) is 14.9 Å². The molecule has 10 heteroatoms. The summed E-state index contributed by atoms with van der Waals surface area (Å²) >= 11 is 0. The van der Waals surface area contributed by atoms with Gasteiger partial charge in [-0.15, -0.1) is 5.10 Å². The highest BCUT2D eigenvalue weighted by Crippen LogP contribution is 2.23. The number of non-ortho nitro benzene ring substituents is 1. The summed E-state index contributed by atoms with van der Waals surface area (Å²) < 4.78 is 11.5. The Morgan fingerprint density at radius 1 is 0.941 bits per heavy atom. The Labute approximate surface area is 194 Å². The van der Waals surface area contributed by atoms with Crippen molar-refractivity contribution in [3.8, 4) is 22.9 Å².